The van der Waals surface area contributed by atoms with Crippen LogP contribution in [0.5, 0.6) is 0 Å². The van der Waals surface area contributed by atoms with E-state index in [0.717, 1.165) is 22.5 Å². The van der Waals surface area contributed by atoms with Crippen LogP contribution < -0.4 is 0 Å². The largest absolute Gasteiger partial charge is 0.232 e. The summed E-state index contributed by atoms with van der Waals surface area (Å²) in [5, 5.41) is 4.69. The third-order valence-corrected chi connectivity index (χ3v) is 7.04. The molecular weight excluding hydrogens is 422 g/mol. The number of hydrogen-bond donors (Lipinski definition) is 0. The van der Waals surface area contributed by atoms with Crippen LogP contribution in [0.2, 0.25) is 0 Å². The molecule has 0 bridgehead atoms. The lowest BCUT2D eigenvalue weighted by molar-refractivity contribution is 0.600. The molecule has 0 radical (unpaired) electrons. The second kappa shape index (κ2) is 7.03. The van der Waals surface area contributed by atoms with E-state index in [-0.39, 0.29) is 9.79 Å². The number of sulfone groups is 2. The summed E-state index contributed by atoms with van der Waals surface area (Å²) in [5.74, 6) is 0. The summed E-state index contributed by atoms with van der Waals surface area (Å²) >= 11 is 0. The van der Waals surface area contributed by atoms with Gasteiger partial charge in [0.25, 0.3) is 0 Å². The zero-order valence-corrected chi connectivity index (χ0v) is 18.2. The van der Waals surface area contributed by atoms with Crippen molar-refractivity contribution in [3.63, 3.8) is 0 Å². The molecule has 0 N–H and O–H groups in total. The third kappa shape index (κ3) is 3.73. The number of fused-ring (bicyclic) bond motifs is 1. The second-order valence-corrected chi connectivity index (χ2v) is 11.2. The first kappa shape index (κ1) is 20.2. The number of aromatic nitrogens is 3. The maximum Gasteiger partial charge on any atom is 0.175 e. The first-order valence-corrected chi connectivity index (χ1v) is 12.8. The van der Waals surface area contributed by atoms with Crippen LogP contribution in [0.1, 0.15) is 5.69 Å². The fourth-order valence-electron chi connectivity index (χ4n) is 3.26. The van der Waals surface area contributed by atoms with Crippen molar-refractivity contribution >= 4 is 25.3 Å². The van der Waals surface area contributed by atoms with Gasteiger partial charge >= 0.3 is 0 Å². The van der Waals surface area contributed by atoms with Gasteiger partial charge in [0.1, 0.15) is 0 Å². The Labute approximate surface area is 174 Å². The smallest absolute Gasteiger partial charge is 0.175 e. The van der Waals surface area contributed by atoms with Crippen LogP contribution in [0.3, 0.4) is 0 Å². The fourth-order valence-corrected chi connectivity index (χ4v) is 4.52. The van der Waals surface area contributed by atoms with Gasteiger partial charge < -0.3 is 0 Å². The average Bonchev–Trinajstić information content (AvgIpc) is 3.01. The predicted molar refractivity (Wildman–Crippen MR) is 115 cm³/mol. The summed E-state index contributed by atoms with van der Waals surface area (Å²) in [6, 6.07) is 16.8. The molecular formula is C21H19N3O4S2. The summed E-state index contributed by atoms with van der Waals surface area (Å²) < 4.78 is 48.5. The Bertz CT molecular complexity index is 1470. The molecule has 0 aliphatic carbocycles. The summed E-state index contributed by atoms with van der Waals surface area (Å²) in [7, 11) is -6.55. The van der Waals surface area contributed by atoms with Gasteiger partial charge in [-0.05, 0) is 43.3 Å². The van der Waals surface area contributed by atoms with Gasteiger partial charge in [-0.3, -0.25) is 0 Å². The van der Waals surface area contributed by atoms with Crippen LogP contribution in [0.4, 0.5) is 0 Å². The van der Waals surface area contributed by atoms with Crippen molar-refractivity contribution < 1.29 is 16.8 Å². The standard InChI is InChI=1S/C21H19N3O4S2/c1-14-21(16-6-10-18(11-7-16)30(3,27)28)24-20(22-14)13-12-19(23-24)15-4-8-17(9-5-15)29(2,25)26/h4-13H,1-3H3. The summed E-state index contributed by atoms with van der Waals surface area (Å²) in [6.45, 7) is 1.87. The lowest BCUT2D eigenvalue weighted by Gasteiger charge is -2.07. The van der Waals surface area contributed by atoms with Gasteiger partial charge in [-0.15, -0.1) is 0 Å². The molecule has 9 heteroatoms. The third-order valence-electron chi connectivity index (χ3n) is 4.79. The summed E-state index contributed by atoms with van der Waals surface area (Å²) in [5.41, 5.74) is 4.41. The molecule has 0 aliphatic rings. The molecule has 2 aromatic carbocycles. The van der Waals surface area contributed by atoms with E-state index < -0.39 is 19.7 Å². The van der Waals surface area contributed by atoms with Crippen LogP contribution >= 0.6 is 0 Å². The first-order valence-electron chi connectivity index (χ1n) is 9.01. The Hall–Kier alpha value is -3.04. The molecule has 0 spiro atoms. The number of aryl methyl sites for hydroxylation is 1. The number of imidazole rings is 1. The highest BCUT2D eigenvalue weighted by molar-refractivity contribution is 7.91. The molecule has 0 unspecified atom stereocenters. The highest BCUT2D eigenvalue weighted by Gasteiger charge is 2.15. The zero-order chi connectivity index (χ0) is 21.7. The minimum atomic E-state index is -3.28. The van der Waals surface area contributed by atoms with Crippen LogP contribution in [0.15, 0.2) is 70.5 Å². The summed E-state index contributed by atoms with van der Waals surface area (Å²) in [4.78, 5) is 5.04. The van der Waals surface area contributed by atoms with E-state index in [1.165, 1.54) is 12.5 Å². The SMILES string of the molecule is Cc1nc2ccc(-c3ccc(S(C)(=O)=O)cc3)nn2c1-c1ccc(S(C)(=O)=O)cc1. The molecule has 4 aromatic rings. The Morgan fingerprint density at radius 3 is 1.70 bits per heavy atom. The van der Waals surface area contributed by atoms with Crippen molar-refractivity contribution in [2.45, 2.75) is 16.7 Å². The maximum absolute atomic E-state index is 11.7. The lowest BCUT2D eigenvalue weighted by Crippen LogP contribution is -1.99. The Balaban J connectivity index is 1.82. The fraction of sp³-hybridized carbons (Fsp3) is 0.143. The van der Waals surface area contributed by atoms with Crippen LogP contribution in [-0.2, 0) is 19.7 Å². The number of nitrogens with zero attached hydrogens (tertiary/aromatic N) is 3. The normalized spacial score (nSPS) is 12.4. The van der Waals surface area contributed by atoms with Gasteiger partial charge in [-0.25, -0.2) is 26.3 Å². The van der Waals surface area contributed by atoms with E-state index in [2.05, 4.69) is 4.98 Å². The molecule has 154 valence electrons. The molecule has 2 aromatic heterocycles. The first-order chi connectivity index (χ1) is 14.0. The van der Waals surface area contributed by atoms with Crippen molar-refractivity contribution in [2.24, 2.45) is 0 Å². The molecule has 30 heavy (non-hydrogen) atoms. The van der Waals surface area contributed by atoms with Crippen molar-refractivity contribution in [3.05, 3.63) is 66.4 Å². The van der Waals surface area contributed by atoms with Crippen LogP contribution in [-0.4, -0.2) is 43.9 Å². The number of rotatable bonds is 4. The number of benzene rings is 2. The van der Waals surface area contributed by atoms with Crippen molar-refractivity contribution in [3.8, 4) is 22.5 Å². The maximum atomic E-state index is 11.7. The van der Waals surface area contributed by atoms with Gasteiger partial charge in [0, 0.05) is 23.6 Å². The molecule has 0 amide bonds. The topological polar surface area (TPSA) is 98.5 Å². The quantitative estimate of drug-likeness (QED) is 0.482. The highest BCUT2D eigenvalue weighted by Crippen LogP contribution is 2.27. The molecule has 2 heterocycles. The highest BCUT2D eigenvalue weighted by atomic mass is 32.2. The predicted octanol–water partition coefficient (Wildman–Crippen LogP) is 3.18. The molecule has 7 nitrogen and oxygen atoms in total. The van der Waals surface area contributed by atoms with Gasteiger partial charge in [-0.2, -0.15) is 5.10 Å². The van der Waals surface area contributed by atoms with E-state index in [1.807, 2.05) is 19.1 Å². The Morgan fingerprint density at radius 1 is 0.700 bits per heavy atom. The molecule has 0 fully saturated rings. The lowest BCUT2D eigenvalue weighted by atomic mass is 10.1. The van der Waals surface area contributed by atoms with E-state index in [9.17, 15) is 16.8 Å². The minimum absolute atomic E-state index is 0.248. The molecule has 0 atom stereocenters. The summed E-state index contributed by atoms with van der Waals surface area (Å²) in [6.07, 6.45) is 2.34. The van der Waals surface area contributed by atoms with E-state index in [0.29, 0.717) is 11.3 Å². The van der Waals surface area contributed by atoms with Crippen molar-refractivity contribution in [1.29, 1.82) is 0 Å². The van der Waals surface area contributed by atoms with Gasteiger partial charge in [-0.1, -0.05) is 24.3 Å². The van der Waals surface area contributed by atoms with Gasteiger partial charge in [0.05, 0.1) is 26.9 Å². The van der Waals surface area contributed by atoms with Crippen molar-refractivity contribution in [1.82, 2.24) is 14.6 Å². The molecule has 0 saturated carbocycles. The molecule has 0 saturated heterocycles. The molecule has 4 rings (SSSR count). The van der Waals surface area contributed by atoms with Gasteiger partial charge in [0.2, 0.25) is 0 Å². The Kier molecular flexibility index (Phi) is 4.74. The van der Waals surface area contributed by atoms with Crippen LogP contribution in [0.25, 0.3) is 28.2 Å². The Morgan fingerprint density at radius 2 is 1.20 bits per heavy atom. The zero-order valence-electron chi connectivity index (χ0n) is 16.6. The van der Waals surface area contributed by atoms with Crippen molar-refractivity contribution in [2.75, 3.05) is 12.5 Å². The molecule has 0 aliphatic heterocycles. The second-order valence-electron chi connectivity index (χ2n) is 7.13. The average molecular weight is 442 g/mol. The minimum Gasteiger partial charge on any atom is -0.232 e. The van der Waals surface area contributed by atoms with E-state index in [4.69, 9.17) is 5.10 Å². The van der Waals surface area contributed by atoms with Gasteiger partial charge in [0.15, 0.2) is 25.3 Å². The van der Waals surface area contributed by atoms with E-state index >= 15 is 0 Å². The van der Waals surface area contributed by atoms with Crippen LogP contribution in [0, 0.1) is 6.92 Å². The van der Waals surface area contributed by atoms with E-state index in [1.54, 1.807) is 53.0 Å². The number of hydrogen-bond acceptors (Lipinski definition) is 6. The monoisotopic (exact) mass is 441 g/mol.